The second-order valence-corrected chi connectivity index (χ2v) is 5.74. The molecule has 0 aliphatic heterocycles. The predicted octanol–water partition coefficient (Wildman–Crippen LogP) is 4.32. The van der Waals surface area contributed by atoms with Crippen molar-refractivity contribution in [3.05, 3.63) is 58.1 Å². The van der Waals surface area contributed by atoms with Gasteiger partial charge in [0.2, 0.25) is 0 Å². The van der Waals surface area contributed by atoms with Crippen LogP contribution in [0.1, 0.15) is 24.1 Å². The molecule has 1 unspecified atom stereocenters. The average molecular weight is 350 g/mol. The first-order valence-corrected chi connectivity index (χ1v) is 7.65. The molecule has 0 fully saturated rings. The molecule has 2 rings (SSSR count). The highest BCUT2D eigenvalue weighted by Crippen LogP contribution is 2.29. The topological polar surface area (TPSA) is 30.5 Å². The van der Waals surface area contributed by atoms with Gasteiger partial charge in [0.25, 0.3) is 0 Å². The van der Waals surface area contributed by atoms with Crippen molar-refractivity contribution < 1.29 is 9.47 Å². The molecule has 0 bridgehead atoms. The van der Waals surface area contributed by atoms with Crippen molar-refractivity contribution in [2.24, 2.45) is 0 Å². The Kier molecular flexibility index (Phi) is 5.65. The van der Waals surface area contributed by atoms with Gasteiger partial charge < -0.3 is 14.8 Å². The number of hydrogen-bond donors (Lipinski definition) is 1. The van der Waals surface area contributed by atoms with E-state index >= 15 is 0 Å². The van der Waals surface area contributed by atoms with Crippen LogP contribution in [-0.2, 0) is 6.61 Å². The van der Waals surface area contributed by atoms with E-state index in [0.29, 0.717) is 6.61 Å². The molecule has 1 atom stereocenters. The maximum atomic E-state index is 5.97. The molecular formula is C17H20BrNO2. The molecule has 2 aromatic rings. The summed E-state index contributed by atoms with van der Waals surface area (Å²) in [6.45, 7) is 2.65. The minimum absolute atomic E-state index is 0.230. The van der Waals surface area contributed by atoms with Crippen LogP contribution in [0, 0.1) is 0 Å². The fourth-order valence-corrected chi connectivity index (χ4v) is 2.41. The molecule has 0 saturated heterocycles. The SMILES string of the molecule is CNC(C)c1cc(Br)ccc1OCc1ccc(OC)cc1. The van der Waals surface area contributed by atoms with Crippen LogP contribution < -0.4 is 14.8 Å². The van der Waals surface area contributed by atoms with E-state index in [4.69, 9.17) is 9.47 Å². The molecular weight excluding hydrogens is 330 g/mol. The summed E-state index contributed by atoms with van der Waals surface area (Å²) in [7, 11) is 3.61. The lowest BCUT2D eigenvalue weighted by Crippen LogP contribution is -2.13. The smallest absolute Gasteiger partial charge is 0.124 e. The largest absolute Gasteiger partial charge is 0.497 e. The number of nitrogens with one attached hydrogen (secondary N) is 1. The monoisotopic (exact) mass is 349 g/mol. The Labute approximate surface area is 134 Å². The Balaban J connectivity index is 2.11. The molecule has 0 aliphatic rings. The highest BCUT2D eigenvalue weighted by atomic mass is 79.9. The van der Waals surface area contributed by atoms with Crippen molar-refractivity contribution in [1.82, 2.24) is 5.32 Å². The predicted molar refractivity (Wildman–Crippen MR) is 88.9 cm³/mol. The third kappa shape index (κ3) is 4.22. The lowest BCUT2D eigenvalue weighted by molar-refractivity contribution is 0.300. The zero-order valence-corrected chi connectivity index (χ0v) is 14.1. The van der Waals surface area contributed by atoms with Gasteiger partial charge in [-0.2, -0.15) is 0 Å². The second kappa shape index (κ2) is 7.48. The minimum atomic E-state index is 0.230. The summed E-state index contributed by atoms with van der Waals surface area (Å²) < 4.78 is 12.2. The van der Waals surface area contributed by atoms with Crippen LogP contribution in [0.2, 0.25) is 0 Å². The highest BCUT2D eigenvalue weighted by Gasteiger charge is 2.11. The Bertz CT molecular complexity index is 584. The molecule has 0 saturated carbocycles. The van der Waals surface area contributed by atoms with E-state index in [1.54, 1.807) is 7.11 Å². The minimum Gasteiger partial charge on any atom is -0.497 e. The Morgan fingerprint density at radius 2 is 1.86 bits per heavy atom. The van der Waals surface area contributed by atoms with E-state index in [9.17, 15) is 0 Å². The number of methoxy groups -OCH3 is 1. The van der Waals surface area contributed by atoms with E-state index in [1.807, 2.05) is 43.4 Å². The van der Waals surface area contributed by atoms with Crippen LogP contribution >= 0.6 is 15.9 Å². The van der Waals surface area contributed by atoms with Crippen LogP contribution in [0.15, 0.2) is 46.9 Å². The van der Waals surface area contributed by atoms with Gasteiger partial charge in [-0.1, -0.05) is 28.1 Å². The van der Waals surface area contributed by atoms with Crippen molar-refractivity contribution in [2.75, 3.05) is 14.2 Å². The average Bonchev–Trinajstić information content (AvgIpc) is 2.53. The van der Waals surface area contributed by atoms with Crippen molar-refractivity contribution in [3.63, 3.8) is 0 Å². The maximum Gasteiger partial charge on any atom is 0.124 e. The quantitative estimate of drug-likeness (QED) is 0.842. The maximum absolute atomic E-state index is 5.97. The number of rotatable bonds is 6. The number of halogens is 1. The van der Waals surface area contributed by atoms with Gasteiger partial charge >= 0.3 is 0 Å². The van der Waals surface area contributed by atoms with Crippen LogP contribution in [0.3, 0.4) is 0 Å². The van der Waals surface area contributed by atoms with Crippen LogP contribution in [0.4, 0.5) is 0 Å². The summed E-state index contributed by atoms with van der Waals surface area (Å²) in [6, 6.07) is 14.2. The van der Waals surface area contributed by atoms with Gasteiger partial charge in [-0.15, -0.1) is 0 Å². The van der Waals surface area contributed by atoms with Gasteiger partial charge in [0.15, 0.2) is 0 Å². The fourth-order valence-electron chi connectivity index (χ4n) is 2.03. The van der Waals surface area contributed by atoms with Gasteiger partial charge in [-0.25, -0.2) is 0 Å². The number of hydrogen-bond acceptors (Lipinski definition) is 3. The van der Waals surface area contributed by atoms with E-state index in [2.05, 4.69) is 34.2 Å². The standard InChI is InChI=1S/C17H20BrNO2/c1-12(19-2)16-10-14(18)6-9-17(16)21-11-13-4-7-15(20-3)8-5-13/h4-10,12,19H,11H2,1-3H3. The van der Waals surface area contributed by atoms with Crippen molar-refractivity contribution in [3.8, 4) is 11.5 Å². The molecule has 21 heavy (non-hydrogen) atoms. The van der Waals surface area contributed by atoms with E-state index in [-0.39, 0.29) is 6.04 Å². The first kappa shape index (κ1) is 15.9. The molecule has 4 heteroatoms. The van der Waals surface area contributed by atoms with Gasteiger partial charge in [-0.05, 0) is 49.9 Å². The van der Waals surface area contributed by atoms with Crippen molar-refractivity contribution >= 4 is 15.9 Å². The Morgan fingerprint density at radius 3 is 2.48 bits per heavy atom. The number of ether oxygens (including phenoxy) is 2. The molecule has 112 valence electrons. The summed E-state index contributed by atoms with van der Waals surface area (Å²) in [5.41, 5.74) is 2.25. The molecule has 0 aromatic heterocycles. The zero-order chi connectivity index (χ0) is 15.2. The normalized spacial score (nSPS) is 12.0. The highest BCUT2D eigenvalue weighted by molar-refractivity contribution is 9.10. The summed E-state index contributed by atoms with van der Waals surface area (Å²) in [5, 5.41) is 3.24. The van der Waals surface area contributed by atoms with Gasteiger partial charge in [0, 0.05) is 16.1 Å². The fraction of sp³-hybridized carbons (Fsp3) is 0.294. The third-order valence-corrected chi connectivity index (χ3v) is 3.92. The van der Waals surface area contributed by atoms with Gasteiger partial charge in [-0.3, -0.25) is 0 Å². The van der Waals surface area contributed by atoms with Crippen LogP contribution in [-0.4, -0.2) is 14.2 Å². The summed E-state index contributed by atoms with van der Waals surface area (Å²) >= 11 is 3.51. The van der Waals surface area contributed by atoms with Crippen LogP contribution in [0.25, 0.3) is 0 Å². The molecule has 2 aromatic carbocycles. The third-order valence-electron chi connectivity index (χ3n) is 3.42. The van der Waals surface area contributed by atoms with E-state index in [0.717, 1.165) is 27.1 Å². The molecule has 0 aliphatic carbocycles. The van der Waals surface area contributed by atoms with E-state index in [1.165, 1.54) is 0 Å². The van der Waals surface area contributed by atoms with Gasteiger partial charge in [0.1, 0.15) is 18.1 Å². The molecule has 0 spiro atoms. The summed E-state index contributed by atoms with van der Waals surface area (Å²) in [6.07, 6.45) is 0. The Morgan fingerprint density at radius 1 is 1.14 bits per heavy atom. The molecule has 0 radical (unpaired) electrons. The van der Waals surface area contributed by atoms with Crippen molar-refractivity contribution in [2.45, 2.75) is 19.6 Å². The van der Waals surface area contributed by atoms with Crippen molar-refractivity contribution in [1.29, 1.82) is 0 Å². The first-order valence-electron chi connectivity index (χ1n) is 6.86. The lowest BCUT2D eigenvalue weighted by Gasteiger charge is -2.17. The Hall–Kier alpha value is -1.52. The molecule has 0 heterocycles. The molecule has 0 amide bonds. The summed E-state index contributed by atoms with van der Waals surface area (Å²) in [4.78, 5) is 0. The van der Waals surface area contributed by atoms with E-state index < -0.39 is 0 Å². The lowest BCUT2D eigenvalue weighted by atomic mass is 10.1. The zero-order valence-electron chi connectivity index (χ0n) is 12.5. The number of benzene rings is 2. The van der Waals surface area contributed by atoms with Gasteiger partial charge in [0.05, 0.1) is 7.11 Å². The second-order valence-electron chi connectivity index (χ2n) is 4.83. The van der Waals surface area contributed by atoms with Crippen LogP contribution in [0.5, 0.6) is 11.5 Å². The molecule has 1 N–H and O–H groups in total. The first-order chi connectivity index (χ1) is 10.1. The molecule has 3 nitrogen and oxygen atoms in total. The summed E-state index contributed by atoms with van der Waals surface area (Å²) in [5.74, 6) is 1.75.